The van der Waals surface area contributed by atoms with Gasteiger partial charge in [0.2, 0.25) is 5.91 Å². The van der Waals surface area contributed by atoms with Gasteiger partial charge in [-0.15, -0.1) is 5.10 Å². The van der Waals surface area contributed by atoms with Gasteiger partial charge in [-0.25, -0.2) is 9.07 Å². The van der Waals surface area contributed by atoms with Crippen LogP contribution in [0.25, 0.3) is 11.0 Å². The van der Waals surface area contributed by atoms with Crippen LogP contribution in [0.4, 0.5) is 4.39 Å². The molecule has 37 heavy (non-hydrogen) atoms. The summed E-state index contributed by atoms with van der Waals surface area (Å²) in [6, 6.07) is 15.9. The van der Waals surface area contributed by atoms with Gasteiger partial charge in [-0.1, -0.05) is 48.7 Å². The van der Waals surface area contributed by atoms with Crippen molar-refractivity contribution in [3.63, 3.8) is 0 Å². The number of nitrogens with zero attached hydrogens (tertiary/aromatic N) is 4. The number of hydrogen-bond acceptors (Lipinski definition) is 5. The van der Waals surface area contributed by atoms with Gasteiger partial charge in [-0.3, -0.25) is 9.59 Å². The van der Waals surface area contributed by atoms with Crippen molar-refractivity contribution in [3.05, 3.63) is 83.6 Å². The van der Waals surface area contributed by atoms with Crippen LogP contribution >= 0.6 is 0 Å². The van der Waals surface area contributed by atoms with Gasteiger partial charge in [-0.2, -0.15) is 0 Å². The summed E-state index contributed by atoms with van der Waals surface area (Å²) in [5, 5.41) is 11.5. The summed E-state index contributed by atoms with van der Waals surface area (Å²) in [5.74, 6) is 0.0218. The van der Waals surface area contributed by atoms with Crippen molar-refractivity contribution >= 4 is 22.8 Å². The van der Waals surface area contributed by atoms with Crippen molar-refractivity contribution in [2.24, 2.45) is 0 Å². The molecule has 1 aliphatic rings. The molecule has 0 bridgehead atoms. The van der Waals surface area contributed by atoms with E-state index >= 15 is 0 Å². The fourth-order valence-electron chi connectivity index (χ4n) is 4.91. The van der Waals surface area contributed by atoms with E-state index in [9.17, 15) is 14.0 Å². The Bertz CT molecular complexity index is 1370. The Labute approximate surface area is 214 Å². The Morgan fingerprint density at radius 2 is 1.84 bits per heavy atom. The molecule has 0 aliphatic heterocycles. The van der Waals surface area contributed by atoms with Crippen LogP contribution in [0, 0.1) is 12.7 Å². The van der Waals surface area contributed by atoms with E-state index in [1.54, 1.807) is 31.2 Å². The topological polar surface area (TPSA) is 93.3 Å². The smallest absolute Gasteiger partial charge is 0.250 e. The average molecular weight is 504 g/mol. The highest BCUT2D eigenvalue weighted by Crippen LogP contribution is 2.28. The highest BCUT2D eigenvalue weighted by molar-refractivity contribution is 5.89. The van der Waals surface area contributed by atoms with E-state index in [0.29, 0.717) is 22.6 Å². The maximum Gasteiger partial charge on any atom is 0.250 e. The third kappa shape index (κ3) is 5.71. The molecule has 0 unspecified atom stereocenters. The molecule has 5 rings (SSSR count). The lowest BCUT2D eigenvalue weighted by Crippen LogP contribution is -2.47. The fourth-order valence-corrected chi connectivity index (χ4v) is 4.91. The van der Waals surface area contributed by atoms with Crippen LogP contribution in [0.5, 0.6) is 0 Å². The van der Waals surface area contributed by atoms with Crippen LogP contribution in [0.15, 0.2) is 65.1 Å². The van der Waals surface area contributed by atoms with Gasteiger partial charge in [0.25, 0.3) is 5.91 Å². The maximum atomic E-state index is 13.9. The summed E-state index contributed by atoms with van der Waals surface area (Å²) in [5.41, 5.74) is 2.08. The number of para-hydroxylation sites is 1. The first-order valence-corrected chi connectivity index (χ1v) is 12.7. The molecule has 1 saturated carbocycles. The molecule has 8 nitrogen and oxygen atoms in total. The first kappa shape index (κ1) is 24.7. The number of benzene rings is 2. The van der Waals surface area contributed by atoms with Crippen molar-refractivity contribution in [3.8, 4) is 0 Å². The monoisotopic (exact) mass is 503 g/mol. The Balaban J connectivity index is 1.50. The number of aromatic nitrogens is 3. The highest BCUT2D eigenvalue weighted by atomic mass is 19.1. The van der Waals surface area contributed by atoms with Crippen LogP contribution in [-0.4, -0.2) is 37.7 Å². The molecule has 9 heteroatoms. The van der Waals surface area contributed by atoms with E-state index in [-0.39, 0.29) is 36.8 Å². The van der Waals surface area contributed by atoms with Crippen LogP contribution in [0.2, 0.25) is 0 Å². The van der Waals surface area contributed by atoms with Gasteiger partial charge in [-0.05, 0) is 61.7 Å². The number of amides is 2. The molecule has 2 aromatic carbocycles. The van der Waals surface area contributed by atoms with E-state index in [1.807, 2.05) is 24.3 Å². The second kappa shape index (κ2) is 10.9. The van der Waals surface area contributed by atoms with Crippen LogP contribution in [0.1, 0.15) is 55.2 Å². The molecule has 1 N–H and O–H groups in total. The zero-order valence-corrected chi connectivity index (χ0v) is 20.8. The van der Waals surface area contributed by atoms with Crippen LogP contribution in [-0.2, 0) is 22.7 Å². The minimum Gasteiger partial charge on any atom is -0.464 e. The summed E-state index contributed by atoms with van der Waals surface area (Å²) < 4.78 is 21.0. The third-order valence-corrected chi connectivity index (χ3v) is 6.83. The Kier molecular flexibility index (Phi) is 7.30. The Hall–Kier alpha value is -4.01. The van der Waals surface area contributed by atoms with Gasteiger partial charge >= 0.3 is 0 Å². The van der Waals surface area contributed by atoms with E-state index in [2.05, 4.69) is 15.6 Å². The predicted molar refractivity (Wildman–Crippen MR) is 136 cm³/mol. The summed E-state index contributed by atoms with van der Waals surface area (Å²) >= 11 is 0. The lowest BCUT2D eigenvalue weighted by atomic mass is 9.95. The van der Waals surface area contributed by atoms with Crippen molar-refractivity contribution in [2.45, 2.75) is 64.2 Å². The number of hydrogen-bond donors (Lipinski definition) is 1. The zero-order chi connectivity index (χ0) is 25.8. The van der Waals surface area contributed by atoms with Gasteiger partial charge in [0.15, 0.2) is 6.04 Å². The van der Waals surface area contributed by atoms with E-state index in [0.717, 1.165) is 37.6 Å². The van der Waals surface area contributed by atoms with Gasteiger partial charge in [0, 0.05) is 12.6 Å². The molecule has 1 fully saturated rings. The van der Waals surface area contributed by atoms with Crippen molar-refractivity contribution in [1.29, 1.82) is 0 Å². The number of carbonyl (C=O) groups is 2. The number of rotatable bonds is 8. The second-order valence-electron chi connectivity index (χ2n) is 9.58. The summed E-state index contributed by atoms with van der Waals surface area (Å²) in [4.78, 5) is 29.1. The lowest BCUT2D eigenvalue weighted by Gasteiger charge is -2.32. The molecule has 0 radical (unpaired) electrons. The normalized spacial score (nSPS) is 15.0. The van der Waals surface area contributed by atoms with E-state index in [4.69, 9.17) is 4.42 Å². The van der Waals surface area contributed by atoms with Gasteiger partial charge in [0.1, 0.15) is 29.4 Å². The largest absolute Gasteiger partial charge is 0.464 e. The molecule has 2 heterocycles. The predicted octanol–water partition coefficient (Wildman–Crippen LogP) is 4.69. The molecule has 0 spiro atoms. The molecular weight excluding hydrogens is 473 g/mol. The SMILES string of the molecule is Cc1ccc([C@@H](C(=O)NC2CCCCC2)N(Cc2ccc(F)cc2)C(=O)Cn2nnc3ccccc32)o1. The molecule has 4 aromatic rings. The Morgan fingerprint density at radius 3 is 2.57 bits per heavy atom. The number of halogens is 1. The van der Waals surface area contributed by atoms with Crippen molar-refractivity contribution in [1.82, 2.24) is 25.2 Å². The highest BCUT2D eigenvalue weighted by Gasteiger charge is 2.35. The van der Waals surface area contributed by atoms with E-state index in [1.165, 1.54) is 21.7 Å². The first-order valence-electron chi connectivity index (χ1n) is 12.7. The molecule has 2 aromatic heterocycles. The Morgan fingerprint density at radius 1 is 1.08 bits per heavy atom. The first-order chi connectivity index (χ1) is 18.0. The van der Waals surface area contributed by atoms with E-state index < -0.39 is 6.04 Å². The minimum absolute atomic E-state index is 0.0573. The van der Waals surface area contributed by atoms with Crippen LogP contribution < -0.4 is 5.32 Å². The molecule has 192 valence electrons. The molecule has 2 amide bonds. The second-order valence-corrected chi connectivity index (χ2v) is 9.58. The molecule has 1 aliphatic carbocycles. The number of furan rings is 1. The molecule has 1 atom stereocenters. The third-order valence-electron chi connectivity index (χ3n) is 6.83. The molecule has 0 saturated heterocycles. The van der Waals surface area contributed by atoms with Gasteiger partial charge in [0.05, 0.1) is 5.52 Å². The lowest BCUT2D eigenvalue weighted by molar-refractivity contribution is -0.143. The number of fused-ring (bicyclic) bond motifs is 1. The quantitative estimate of drug-likeness (QED) is 0.377. The fraction of sp³-hybridized carbons (Fsp3) is 0.357. The van der Waals surface area contributed by atoms with Gasteiger partial charge < -0.3 is 14.6 Å². The summed E-state index contributed by atoms with van der Waals surface area (Å²) in [6.07, 6.45) is 5.10. The average Bonchev–Trinajstić information content (AvgIpc) is 3.51. The van der Waals surface area contributed by atoms with Crippen LogP contribution in [0.3, 0.4) is 0 Å². The maximum absolute atomic E-state index is 13.9. The van der Waals surface area contributed by atoms with Crippen molar-refractivity contribution < 1.29 is 18.4 Å². The minimum atomic E-state index is -0.997. The zero-order valence-electron chi connectivity index (χ0n) is 20.8. The molecular formula is C28H30FN5O3. The van der Waals surface area contributed by atoms with Crippen molar-refractivity contribution in [2.75, 3.05) is 0 Å². The standard InChI is InChI=1S/C28H30FN5O3/c1-19-11-16-25(37-19)27(28(36)30-22-7-3-2-4-8-22)33(17-20-12-14-21(29)15-13-20)26(35)18-34-24-10-6-5-9-23(24)31-32-34/h5-6,9-16,22,27H,2-4,7-8,17-18H2,1H3,(H,30,36)/t27-/m0/s1. The summed E-state index contributed by atoms with van der Waals surface area (Å²) in [7, 11) is 0. The number of nitrogens with one attached hydrogen (secondary N) is 1. The number of aryl methyl sites for hydroxylation is 1. The number of carbonyl (C=O) groups excluding carboxylic acids is 2. The summed E-state index contributed by atoms with van der Waals surface area (Å²) in [6.45, 7) is 1.77.